The molecule has 7 heteroatoms. The predicted molar refractivity (Wildman–Crippen MR) is 104 cm³/mol. The summed E-state index contributed by atoms with van der Waals surface area (Å²) >= 11 is -0.458. The third kappa shape index (κ3) is 33.6. The van der Waals surface area contributed by atoms with Gasteiger partial charge < -0.3 is 0 Å². The van der Waals surface area contributed by atoms with Crippen molar-refractivity contribution < 1.29 is 0 Å². The Morgan fingerprint density at radius 2 is 0.632 bits per heavy atom. The average molecular weight is 539 g/mol. The first-order valence-electron chi connectivity index (χ1n) is 6.90. The molecular weight excluding hydrogens is 508 g/mol. The summed E-state index contributed by atoms with van der Waals surface area (Å²) in [6.07, 6.45) is 0. The Morgan fingerprint density at radius 3 is 0.632 bits per heavy atom. The Kier molecular flexibility index (Phi) is 26.5. The molecule has 0 N–H and O–H groups in total. The van der Waals surface area contributed by atoms with Gasteiger partial charge in [-0.15, -0.1) is 0 Å². The number of halogens is 4. The molecule has 0 unspecified atom stereocenters. The fourth-order valence-electron chi connectivity index (χ4n) is 1.34. The minimum absolute atomic E-state index is 0.229. The fourth-order valence-corrected chi connectivity index (χ4v) is 6.97. The molecule has 0 spiro atoms. The third-order valence-corrected chi connectivity index (χ3v) is 13.9. The molecule has 0 bridgehead atoms. The molecule has 0 nitrogen and oxygen atoms in total. The van der Waals surface area contributed by atoms with Crippen LogP contribution in [0.4, 0.5) is 0 Å². The van der Waals surface area contributed by atoms with Crippen molar-refractivity contribution >= 4 is 78.9 Å². The van der Waals surface area contributed by atoms with E-state index >= 15 is 0 Å². The molecule has 0 aromatic carbocycles. The first kappa shape index (κ1) is 26.7. The molecule has 0 amide bonds. The standard InChI is InChI=1S/2C6H15As.Cl4Ge/c2*1-4-7(5-2)6-3;1-5(2,3)4/h2*4-6H2,1-3H3;/q2*+1;. The fraction of sp³-hybridized carbons (Fsp3) is 1.00. The van der Waals surface area contributed by atoms with Crippen LogP contribution < -0.4 is 0 Å². The Bertz CT molecular complexity index is 131. The Hall–Kier alpha value is 2.82. The zero-order chi connectivity index (χ0) is 15.9. The molecule has 0 aliphatic carbocycles. The number of rotatable bonds is 6. The first-order valence-corrected chi connectivity index (χ1v) is 25.9. The summed E-state index contributed by atoms with van der Waals surface area (Å²) in [6, 6.07) is 0. The van der Waals surface area contributed by atoms with E-state index in [9.17, 15) is 0 Å². The van der Waals surface area contributed by atoms with Crippen molar-refractivity contribution in [3.05, 3.63) is 0 Å². The number of hydrogen-bond acceptors (Lipinski definition) is 0. The molecule has 0 saturated heterocycles. The molecule has 0 rings (SSSR count). The van der Waals surface area contributed by atoms with Gasteiger partial charge in [-0.1, -0.05) is 0 Å². The summed E-state index contributed by atoms with van der Waals surface area (Å²) in [5, 5.41) is 9.00. The van der Waals surface area contributed by atoms with Crippen molar-refractivity contribution in [2.75, 3.05) is 0 Å². The molecule has 2 radical (unpaired) electrons. The Balaban J connectivity index is -0.000000206. The van der Waals surface area contributed by atoms with Gasteiger partial charge in [0.15, 0.2) is 0 Å². The Morgan fingerprint density at radius 1 is 0.526 bits per heavy atom. The molecule has 0 aromatic heterocycles. The molecule has 0 atom stereocenters. The summed E-state index contributed by atoms with van der Waals surface area (Å²) in [5.74, 6) is 0. The van der Waals surface area contributed by atoms with Crippen LogP contribution >= 0.6 is 40.0 Å². The minimum atomic E-state index is -3.11. The van der Waals surface area contributed by atoms with Crippen LogP contribution in [-0.4, -0.2) is 38.9 Å². The van der Waals surface area contributed by atoms with E-state index in [1.54, 1.807) is 0 Å². The van der Waals surface area contributed by atoms with Crippen molar-refractivity contribution in [2.24, 2.45) is 0 Å². The van der Waals surface area contributed by atoms with Gasteiger partial charge in [0.2, 0.25) is 0 Å². The van der Waals surface area contributed by atoms with E-state index in [1.165, 1.54) is 31.3 Å². The monoisotopic (exact) mass is 538 g/mol. The van der Waals surface area contributed by atoms with Crippen LogP contribution in [0.2, 0.25) is 31.3 Å². The van der Waals surface area contributed by atoms with E-state index in [2.05, 4.69) is 41.5 Å². The first-order chi connectivity index (χ1) is 8.69. The summed E-state index contributed by atoms with van der Waals surface area (Å²) in [6.45, 7) is 14.0. The topological polar surface area (TPSA) is 0 Å². The summed E-state index contributed by atoms with van der Waals surface area (Å²) in [7, 11) is 16.9. The molecule has 118 valence electrons. The zero-order valence-electron chi connectivity index (χ0n) is 13.1. The second kappa shape index (κ2) is 18.9. The molecule has 19 heavy (non-hydrogen) atoms. The molecule has 0 heterocycles. The van der Waals surface area contributed by atoms with E-state index in [0.717, 1.165) is 0 Å². The third-order valence-electron chi connectivity index (χ3n) is 2.68. The molecule has 0 saturated carbocycles. The maximum atomic E-state index is 5.01. The molecule has 0 aliphatic rings. The summed E-state index contributed by atoms with van der Waals surface area (Å²) in [4.78, 5) is 0. The SMILES string of the molecule is CC[As+](CC)CC.CC[As+](CC)CC.[Cl][Ge]([Cl])([Cl])[Cl]. The van der Waals surface area contributed by atoms with Crippen molar-refractivity contribution in [2.45, 2.75) is 72.8 Å². The summed E-state index contributed by atoms with van der Waals surface area (Å²) < 4.78 is 0. The molecule has 0 fully saturated rings. The van der Waals surface area contributed by atoms with Crippen LogP contribution in [0.5, 0.6) is 0 Å². The maximum absolute atomic E-state index is 5.01. The van der Waals surface area contributed by atoms with Crippen LogP contribution in [0.1, 0.15) is 41.5 Å². The van der Waals surface area contributed by atoms with Crippen LogP contribution in [-0.2, 0) is 0 Å². The van der Waals surface area contributed by atoms with Gasteiger partial charge in [0.05, 0.1) is 0 Å². The van der Waals surface area contributed by atoms with Gasteiger partial charge in [-0.3, -0.25) is 0 Å². The van der Waals surface area contributed by atoms with Gasteiger partial charge in [0.1, 0.15) is 0 Å². The van der Waals surface area contributed by atoms with Gasteiger partial charge in [0, 0.05) is 0 Å². The van der Waals surface area contributed by atoms with Crippen LogP contribution in [0.25, 0.3) is 0 Å². The molecule has 0 aromatic rings. The Labute approximate surface area is 150 Å². The summed E-state index contributed by atoms with van der Waals surface area (Å²) in [5.41, 5.74) is 0. The normalized spacial score (nSPS) is 10.7. The zero-order valence-corrected chi connectivity index (χ0v) is 22.0. The quantitative estimate of drug-likeness (QED) is 0.308. The van der Waals surface area contributed by atoms with Crippen LogP contribution in [0.3, 0.4) is 0 Å². The molecular formula is C12H30As2Cl4Ge+2. The second-order valence-electron chi connectivity index (χ2n) is 3.67. The van der Waals surface area contributed by atoms with Gasteiger partial charge >= 0.3 is 152 Å². The van der Waals surface area contributed by atoms with Crippen molar-refractivity contribution in [1.82, 2.24) is 0 Å². The van der Waals surface area contributed by atoms with E-state index < -0.39 is 9.55 Å². The van der Waals surface area contributed by atoms with Crippen LogP contribution in [0, 0.1) is 0 Å². The average Bonchev–Trinajstić information content (AvgIpc) is 2.32. The van der Waals surface area contributed by atoms with Gasteiger partial charge in [-0.2, -0.15) is 0 Å². The van der Waals surface area contributed by atoms with Gasteiger partial charge in [-0.25, -0.2) is 0 Å². The number of hydrogen-bond donors (Lipinski definition) is 0. The van der Waals surface area contributed by atoms with Crippen LogP contribution in [0.15, 0.2) is 0 Å². The molecule has 0 aliphatic heterocycles. The van der Waals surface area contributed by atoms with E-state index in [0.29, 0.717) is 0 Å². The second-order valence-corrected chi connectivity index (χ2v) is 36.9. The van der Waals surface area contributed by atoms with E-state index in [4.69, 9.17) is 40.0 Å². The van der Waals surface area contributed by atoms with Gasteiger partial charge in [-0.05, 0) is 0 Å². The van der Waals surface area contributed by atoms with E-state index in [-0.39, 0.29) is 29.3 Å². The predicted octanol–water partition coefficient (Wildman–Crippen LogP) is 7.46. The van der Waals surface area contributed by atoms with Crippen molar-refractivity contribution in [3.63, 3.8) is 0 Å². The van der Waals surface area contributed by atoms with Crippen molar-refractivity contribution in [3.8, 4) is 0 Å². The van der Waals surface area contributed by atoms with E-state index in [1.807, 2.05) is 0 Å². The van der Waals surface area contributed by atoms with Gasteiger partial charge in [0.25, 0.3) is 0 Å². The van der Waals surface area contributed by atoms with Crippen molar-refractivity contribution in [1.29, 1.82) is 0 Å².